The van der Waals surface area contributed by atoms with Gasteiger partial charge < -0.3 is 10.6 Å². The van der Waals surface area contributed by atoms with E-state index in [2.05, 4.69) is 15.1 Å². The van der Waals surface area contributed by atoms with Crippen molar-refractivity contribution in [1.82, 2.24) is 20.8 Å². The SMILES string of the molecule is N[C@@H]1CCCC1C(=O)NNC(=O)[C@@H]1CCC2CN1C(=O)N2OS(=O)(=O)O. The summed E-state index contributed by atoms with van der Waals surface area (Å²) in [6.45, 7) is 0.0773. The lowest BCUT2D eigenvalue weighted by Gasteiger charge is -2.29. The van der Waals surface area contributed by atoms with Crippen LogP contribution >= 0.6 is 0 Å². The van der Waals surface area contributed by atoms with E-state index in [1.807, 2.05) is 0 Å². The van der Waals surface area contributed by atoms with Crippen LogP contribution in [0.1, 0.15) is 32.1 Å². The third kappa shape index (κ3) is 3.75. The van der Waals surface area contributed by atoms with Crippen LogP contribution in [0, 0.1) is 5.92 Å². The molecule has 146 valence electrons. The molecule has 1 aliphatic carbocycles. The first-order valence-corrected chi connectivity index (χ1v) is 9.66. The monoisotopic (exact) mass is 391 g/mol. The number of nitrogens with one attached hydrogen (secondary N) is 2. The van der Waals surface area contributed by atoms with Gasteiger partial charge in [0.1, 0.15) is 6.04 Å². The van der Waals surface area contributed by atoms with Gasteiger partial charge in [-0.1, -0.05) is 6.42 Å². The molecule has 2 unspecified atom stereocenters. The zero-order chi connectivity index (χ0) is 19.1. The van der Waals surface area contributed by atoms with Crippen molar-refractivity contribution >= 4 is 28.2 Å². The van der Waals surface area contributed by atoms with Crippen LogP contribution in [0.5, 0.6) is 0 Å². The molecule has 12 nitrogen and oxygen atoms in total. The van der Waals surface area contributed by atoms with Crippen molar-refractivity contribution in [3.8, 4) is 0 Å². The average Bonchev–Trinajstić information content (AvgIpc) is 3.09. The first-order valence-electron chi connectivity index (χ1n) is 8.29. The van der Waals surface area contributed by atoms with Crippen molar-refractivity contribution in [1.29, 1.82) is 0 Å². The maximum atomic E-state index is 12.3. The molecule has 0 radical (unpaired) electrons. The lowest BCUT2D eigenvalue weighted by atomic mass is 10.0. The Bertz CT molecular complexity index is 714. The quantitative estimate of drug-likeness (QED) is 0.323. The van der Waals surface area contributed by atoms with Crippen molar-refractivity contribution < 1.29 is 31.6 Å². The minimum Gasteiger partial charge on any atom is -0.327 e. The fourth-order valence-electron chi connectivity index (χ4n) is 3.72. The van der Waals surface area contributed by atoms with E-state index in [-0.39, 0.29) is 30.8 Å². The van der Waals surface area contributed by atoms with Crippen LogP contribution in [0.4, 0.5) is 4.79 Å². The number of carbonyl (C=O) groups is 3. The van der Waals surface area contributed by atoms with Gasteiger partial charge in [0.15, 0.2) is 0 Å². The van der Waals surface area contributed by atoms with Crippen molar-refractivity contribution in [2.45, 2.75) is 50.2 Å². The lowest BCUT2D eigenvalue weighted by Crippen LogP contribution is -2.55. The minimum absolute atomic E-state index is 0.0773. The Kier molecular flexibility index (Phi) is 5.05. The highest BCUT2D eigenvalue weighted by Crippen LogP contribution is 2.30. The molecular weight excluding hydrogens is 370 g/mol. The first-order chi connectivity index (χ1) is 12.2. The van der Waals surface area contributed by atoms with Gasteiger partial charge >= 0.3 is 16.4 Å². The Morgan fingerprint density at radius 1 is 1.15 bits per heavy atom. The van der Waals surface area contributed by atoms with E-state index in [4.69, 9.17) is 10.3 Å². The van der Waals surface area contributed by atoms with Crippen LogP contribution in [-0.2, 0) is 24.3 Å². The van der Waals surface area contributed by atoms with Gasteiger partial charge in [0.05, 0.1) is 12.0 Å². The van der Waals surface area contributed by atoms with Gasteiger partial charge in [-0.3, -0.25) is 25.0 Å². The second-order valence-electron chi connectivity index (χ2n) is 6.69. The predicted molar refractivity (Wildman–Crippen MR) is 85.0 cm³/mol. The number of hydrogen-bond acceptors (Lipinski definition) is 7. The molecule has 2 aliphatic heterocycles. The fraction of sp³-hybridized carbons (Fsp3) is 0.769. The van der Waals surface area contributed by atoms with Crippen LogP contribution in [0.3, 0.4) is 0 Å². The normalized spacial score (nSPS) is 31.2. The highest BCUT2D eigenvalue weighted by atomic mass is 32.3. The molecule has 1 saturated carbocycles. The molecule has 13 heteroatoms. The van der Waals surface area contributed by atoms with Crippen LogP contribution in [-0.4, -0.2) is 65.4 Å². The molecule has 2 saturated heterocycles. The van der Waals surface area contributed by atoms with E-state index in [0.29, 0.717) is 17.9 Å². The Labute approximate surface area is 149 Å². The van der Waals surface area contributed by atoms with Crippen molar-refractivity contribution in [3.63, 3.8) is 0 Å². The molecule has 3 aliphatic rings. The molecule has 0 aromatic heterocycles. The third-order valence-electron chi connectivity index (χ3n) is 5.02. The number of rotatable bonds is 4. The summed E-state index contributed by atoms with van der Waals surface area (Å²) >= 11 is 0. The van der Waals surface area contributed by atoms with Crippen LogP contribution in [0.15, 0.2) is 0 Å². The van der Waals surface area contributed by atoms with Gasteiger partial charge in [0.2, 0.25) is 5.91 Å². The van der Waals surface area contributed by atoms with Crippen molar-refractivity contribution in [2.24, 2.45) is 11.7 Å². The fourth-order valence-corrected chi connectivity index (χ4v) is 4.11. The van der Waals surface area contributed by atoms with Gasteiger partial charge in [-0.15, -0.1) is 4.28 Å². The number of urea groups is 1. The standard InChI is InChI=1S/C13H21N5O7S/c14-9-3-1-2-8(9)11(19)15-16-12(20)10-5-4-7-6-17(10)13(21)18(7)25-26(22,23)24/h7-10H,1-6,14H2,(H,15,19)(H,16,20)(H,22,23,24)/t7?,8?,9-,10+/m1/s1. The molecular formula is C13H21N5O7S. The summed E-state index contributed by atoms with van der Waals surface area (Å²) in [6.07, 6.45) is 2.81. The van der Waals surface area contributed by atoms with E-state index in [0.717, 1.165) is 17.7 Å². The van der Waals surface area contributed by atoms with Crippen LogP contribution in [0.25, 0.3) is 0 Å². The second-order valence-corrected chi connectivity index (χ2v) is 7.69. The van der Waals surface area contributed by atoms with Gasteiger partial charge in [-0.2, -0.15) is 13.5 Å². The Balaban J connectivity index is 1.57. The zero-order valence-electron chi connectivity index (χ0n) is 13.8. The van der Waals surface area contributed by atoms with Crippen molar-refractivity contribution in [3.05, 3.63) is 0 Å². The highest BCUT2D eigenvalue weighted by molar-refractivity contribution is 7.80. The Morgan fingerprint density at radius 3 is 2.46 bits per heavy atom. The van der Waals surface area contributed by atoms with Gasteiger partial charge in [-0.05, 0) is 25.7 Å². The molecule has 0 spiro atoms. The molecule has 26 heavy (non-hydrogen) atoms. The highest BCUT2D eigenvalue weighted by Gasteiger charge is 2.49. The second kappa shape index (κ2) is 6.98. The number of carbonyl (C=O) groups excluding carboxylic acids is 3. The summed E-state index contributed by atoms with van der Waals surface area (Å²) in [5, 5.41) is 0.554. The number of nitrogens with zero attached hydrogens (tertiary/aromatic N) is 2. The van der Waals surface area contributed by atoms with Gasteiger partial charge in [0, 0.05) is 12.6 Å². The number of nitrogens with two attached hydrogens (primary N) is 1. The molecule has 2 heterocycles. The molecule has 0 aromatic carbocycles. The maximum absolute atomic E-state index is 12.3. The largest absolute Gasteiger partial charge is 0.418 e. The minimum atomic E-state index is -4.84. The van der Waals surface area contributed by atoms with E-state index >= 15 is 0 Å². The molecule has 4 atom stereocenters. The average molecular weight is 391 g/mol. The number of fused-ring (bicyclic) bond motifs is 2. The van der Waals surface area contributed by atoms with Crippen LogP contribution in [0.2, 0.25) is 0 Å². The van der Waals surface area contributed by atoms with Crippen LogP contribution < -0.4 is 16.6 Å². The van der Waals surface area contributed by atoms with E-state index in [9.17, 15) is 22.8 Å². The summed E-state index contributed by atoms with van der Waals surface area (Å²) in [5.74, 6) is -1.33. The molecule has 4 amide bonds. The number of hydrogen-bond donors (Lipinski definition) is 4. The summed E-state index contributed by atoms with van der Waals surface area (Å²) in [4.78, 5) is 37.8. The zero-order valence-corrected chi connectivity index (χ0v) is 14.6. The molecule has 2 bridgehead atoms. The van der Waals surface area contributed by atoms with E-state index < -0.39 is 34.4 Å². The summed E-state index contributed by atoms with van der Waals surface area (Å²) in [5.41, 5.74) is 10.5. The smallest absolute Gasteiger partial charge is 0.327 e. The Hall–Kier alpha value is -1.96. The Morgan fingerprint density at radius 2 is 1.85 bits per heavy atom. The van der Waals surface area contributed by atoms with Crippen molar-refractivity contribution in [2.75, 3.05) is 6.54 Å². The van der Waals surface area contributed by atoms with Gasteiger partial charge in [0.25, 0.3) is 5.91 Å². The van der Waals surface area contributed by atoms with E-state index in [1.54, 1.807) is 0 Å². The van der Waals surface area contributed by atoms with Gasteiger partial charge in [-0.25, -0.2) is 4.79 Å². The number of hydrazine groups is 1. The topological polar surface area (TPSA) is 171 Å². The number of hydroxylamine groups is 2. The molecule has 3 fully saturated rings. The first kappa shape index (κ1) is 18.8. The summed E-state index contributed by atoms with van der Waals surface area (Å²) in [7, 11) is -4.84. The molecule has 3 rings (SSSR count). The predicted octanol–water partition coefficient (Wildman–Crippen LogP) is -1.74. The van der Waals surface area contributed by atoms with E-state index in [1.165, 1.54) is 0 Å². The molecule has 0 aromatic rings. The number of piperidine rings is 1. The lowest BCUT2D eigenvalue weighted by molar-refractivity contribution is -0.133. The maximum Gasteiger partial charge on any atom is 0.418 e. The third-order valence-corrected chi connectivity index (χ3v) is 5.36. The number of amides is 4. The molecule has 5 N–H and O–H groups in total. The summed E-state index contributed by atoms with van der Waals surface area (Å²) < 4.78 is 34.7. The summed E-state index contributed by atoms with van der Waals surface area (Å²) in [6, 6.07) is -2.55.